The van der Waals surface area contributed by atoms with E-state index in [1.807, 2.05) is 4.68 Å². The highest BCUT2D eigenvalue weighted by molar-refractivity contribution is 5.74. The molecule has 0 saturated carbocycles. The lowest BCUT2D eigenvalue weighted by atomic mass is 10.0. The van der Waals surface area contributed by atoms with E-state index in [0.29, 0.717) is 0 Å². The minimum absolute atomic E-state index is 0.984. The lowest BCUT2D eigenvalue weighted by Gasteiger charge is -2.07. The normalized spacial score (nSPS) is 13.0. The fourth-order valence-electron chi connectivity index (χ4n) is 3.10. The van der Waals surface area contributed by atoms with Gasteiger partial charge in [0.1, 0.15) is 5.82 Å². The number of anilines is 1. The van der Waals surface area contributed by atoms with Crippen molar-refractivity contribution in [2.75, 3.05) is 11.9 Å². The van der Waals surface area contributed by atoms with Gasteiger partial charge in [0.05, 0.1) is 11.4 Å². The van der Waals surface area contributed by atoms with E-state index in [0.717, 1.165) is 30.2 Å². The Hall–Kier alpha value is -2.55. The molecule has 3 heteroatoms. The first-order valence-electron chi connectivity index (χ1n) is 7.73. The van der Waals surface area contributed by atoms with Crippen molar-refractivity contribution in [2.45, 2.75) is 20.3 Å². The number of nitrogens with one attached hydrogen (secondary N) is 1. The van der Waals surface area contributed by atoms with Crippen LogP contribution in [0, 0.1) is 13.8 Å². The van der Waals surface area contributed by atoms with E-state index in [9.17, 15) is 0 Å². The van der Waals surface area contributed by atoms with Gasteiger partial charge >= 0.3 is 0 Å². The maximum absolute atomic E-state index is 4.92. The summed E-state index contributed by atoms with van der Waals surface area (Å²) >= 11 is 0. The molecule has 22 heavy (non-hydrogen) atoms. The summed E-state index contributed by atoms with van der Waals surface area (Å²) in [5.74, 6) is 1.14. The summed E-state index contributed by atoms with van der Waals surface area (Å²) in [5.41, 5.74) is 7.31. The largest absolute Gasteiger partial charge is 0.369 e. The quantitative estimate of drug-likeness (QED) is 0.769. The Labute approximate surface area is 130 Å². The molecule has 0 spiro atoms. The summed E-state index contributed by atoms with van der Waals surface area (Å²) in [6.45, 7) is 5.24. The van der Waals surface area contributed by atoms with E-state index in [-0.39, 0.29) is 0 Å². The second-order valence-corrected chi connectivity index (χ2v) is 5.91. The van der Waals surface area contributed by atoms with Crippen molar-refractivity contribution in [3.63, 3.8) is 0 Å². The molecule has 1 aliphatic heterocycles. The molecule has 110 valence electrons. The standard InChI is InChI=1S/C19H19N3/c1-13-7-9-15(10-8-13)22-19-17(11-12-20-19)18(21-22)16-6-4-3-5-14(16)2/h3-10,20H,11-12H2,1-2H3. The van der Waals surface area contributed by atoms with Crippen LogP contribution in [0.2, 0.25) is 0 Å². The van der Waals surface area contributed by atoms with Crippen molar-refractivity contribution in [2.24, 2.45) is 0 Å². The Bertz CT molecular complexity index is 828. The van der Waals surface area contributed by atoms with Gasteiger partial charge in [-0.05, 0) is 38.0 Å². The number of aromatic nitrogens is 2. The minimum atomic E-state index is 0.984. The summed E-state index contributed by atoms with van der Waals surface area (Å²) in [5, 5.41) is 8.41. The Kier molecular flexibility index (Phi) is 3.00. The van der Waals surface area contributed by atoms with Crippen LogP contribution < -0.4 is 5.32 Å². The summed E-state index contributed by atoms with van der Waals surface area (Å²) in [6, 6.07) is 17.0. The van der Waals surface area contributed by atoms with Crippen LogP contribution in [0.1, 0.15) is 16.7 Å². The van der Waals surface area contributed by atoms with Crippen molar-refractivity contribution in [3.05, 3.63) is 65.2 Å². The van der Waals surface area contributed by atoms with Gasteiger partial charge in [-0.1, -0.05) is 42.0 Å². The maximum atomic E-state index is 4.92. The van der Waals surface area contributed by atoms with Crippen LogP contribution in [-0.2, 0) is 6.42 Å². The van der Waals surface area contributed by atoms with E-state index < -0.39 is 0 Å². The number of hydrogen-bond donors (Lipinski definition) is 1. The highest BCUT2D eigenvalue weighted by Crippen LogP contribution is 2.35. The van der Waals surface area contributed by atoms with Gasteiger partial charge in [0.15, 0.2) is 0 Å². The van der Waals surface area contributed by atoms with Crippen LogP contribution in [0.3, 0.4) is 0 Å². The first-order valence-corrected chi connectivity index (χ1v) is 7.73. The number of hydrogen-bond acceptors (Lipinski definition) is 2. The Morgan fingerprint density at radius 1 is 1.00 bits per heavy atom. The van der Waals surface area contributed by atoms with Crippen molar-refractivity contribution < 1.29 is 0 Å². The molecule has 0 bridgehead atoms. The fourth-order valence-corrected chi connectivity index (χ4v) is 3.10. The van der Waals surface area contributed by atoms with Gasteiger partial charge in [-0.15, -0.1) is 0 Å². The van der Waals surface area contributed by atoms with Gasteiger partial charge in [-0.2, -0.15) is 5.10 Å². The molecule has 0 radical (unpaired) electrons. The van der Waals surface area contributed by atoms with E-state index in [2.05, 4.69) is 67.7 Å². The van der Waals surface area contributed by atoms with Crippen LogP contribution in [0.25, 0.3) is 16.9 Å². The van der Waals surface area contributed by atoms with Crippen LogP contribution in [0.15, 0.2) is 48.5 Å². The molecule has 3 nitrogen and oxygen atoms in total. The van der Waals surface area contributed by atoms with Gasteiger partial charge in [0, 0.05) is 17.7 Å². The topological polar surface area (TPSA) is 29.9 Å². The number of aryl methyl sites for hydroxylation is 2. The first-order chi connectivity index (χ1) is 10.7. The van der Waals surface area contributed by atoms with E-state index >= 15 is 0 Å². The first kappa shape index (κ1) is 13.1. The number of fused-ring (bicyclic) bond motifs is 1. The summed E-state index contributed by atoms with van der Waals surface area (Å²) in [6.07, 6.45) is 1.03. The van der Waals surface area contributed by atoms with Crippen LogP contribution in [0.5, 0.6) is 0 Å². The van der Waals surface area contributed by atoms with Gasteiger partial charge in [0.2, 0.25) is 0 Å². The van der Waals surface area contributed by atoms with Crippen LogP contribution in [-0.4, -0.2) is 16.3 Å². The molecular weight excluding hydrogens is 270 g/mol. The second kappa shape index (κ2) is 5.02. The zero-order valence-corrected chi connectivity index (χ0v) is 12.9. The maximum Gasteiger partial charge on any atom is 0.133 e. The lowest BCUT2D eigenvalue weighted by molar-refractivity contribution is 0.881. The van der Waals surface area contributed by atoms with Crippen molar-refractivity contribution in [1.29, 1.82) is 0 Å². The third kappa shape index (κ3) is 2.01. The van der Waals surface area contributed by atoms with Crippen molar-refractivity contribution >= 4 is 5.82 Å². The zero-order chi connectivity index (χ0) is 15.1. The molecule has 3 aromatic rings. The number of rotatable bonds is 2. The third-order valence-electron chi connectivity index (χ3n) is 4.33. The van der Waals surface area contributed by atoms with Crippen LogP contribution >= 0.6 is 0 Å². The molecule has 4 rings (SSSR count). The lowest BCUT2D eigenvalue weighted by Crippen LogP contribution is -2.04. The molecule has 0 atom stereocenters. The minimum Gasteiger partial charge on any atom is -0.369 e. The molecule has 0 fully saturated rings. The predicted octanol–water partition coefficient (Wildman–Crippen LogP) is 4.12. The van der Waals surface area contributed by atoms with E-state index in [4.69, 9.17) is 5.10 Å². The van der Waals surface area contributed by atoms with Crippen LogP contribution in [0.4, 0.5) is 5.82 Å². The highest BCUT2D eigenvalue weighted by Gasteiger charge is 2.24. The monoisotopic (exact) mass is 289 g/mol. The molecule has 1 N–H and O–H groups in total. The highest BCUT2D eigenvalue weighted by atomic mass is 15.3. The Morgan fingerprint density at radius 2 is 1.77 bits per heavy atom. The fraction of sp³-hybridized carbons (Fsp3) is 0.211. The average molecular weight is 289 g/mol. The molecule has 0 amide bonds. The van der Waals surface area contributed by atoms with Crippen molar-refractivity contribution in [1.82, 2.24) is 9.78 Å². The Balaban J connectivity index is 1.90. The smallest absolute Gasteiger partial charge is 0.133 e. The van der Waals surface area contributed by atoms with Gasteiger partial charge < -0.3 is 5.32 Å². The number of benzene rings is 2. The van der Waals surface area contributed by atoms with E-state index in [1.54, 1.807) is 0 Å². The number of nitrogens with zero attached hydrogens (tertiary/aromatic N) is 2. The summed E-state index contributed by atoms with van der Waals surface area (Å²) < 4.78 is 2.05. The zero-order valence-electron chi connectivity index (χ0n) is 12.9. The molecule has 1 aliphatic rings. The SMILES string of the molecule is Cc1ccc(-n2nc(-c3ccccc3C)c3c2NCC3)cc1. The molecule has 0 aliphatic carbocycles. The predicted molar refractivity (Wildman–Crippen MR) is 90.7 cm³/mol. The third-order valence-corrected chi connectivity index (χ3v) is 4.33. The molecule has 0 unspecified atom stereocenters. The summed E-state index contributed by atoms with van der Waals surface area (Å²) in [4.78, 5) is 0. The average Bonchev–Trinajstić information content (AvgIpc) is 3.11. The summed E-state index contributed by atoms with van der Waals surface area (Å²) in [7, 11) is 0. The van der Waals surface area contributed by atoms with Crippen molar-refractivity contribution in [3.8, 4) is 16.9 Å². The molecule has 2 aromatic carbocycles. The van der Waals surface area contributed by atoms with E-state index in [1.165, 1.54) is 22.3 Å². The van der Waals surface area contributed by atoms with Gasteiger partial charge in [0.25, 0.3) is 0 Å². The van der Waals surface area contributed by atoms with Gasteiger partial charge in [-0.3, -0.25) is 0 Å². The molecular formula is C19H19N3. The molecule has 0 saturated heterocycles. The molecule has 2 heterocycles. The molecule has 1 aromatic heterocycles. The van der Waals surface area contributed by atoms with Gasteiger partial charge in [-0.25, -0.2) is 4.68 Å². The second-order valence-electron chi connectivity index (χ2n) is 5.91. The Morgan fingerprint density at radius 3 is 2.55 bits per heavy atom.